The molecule has 0 bridgehead atoms. The molecule has 16 nitrogen and oxygen atoms in total. The molecule has 452 valence electrons. The number of ether oxygens (including phenoxy) is 7. The number of alkyl halides is 12. The maximum absolute atomic E-state index is 13.4. The zero-order valence-corrected chi connectivity index (χ0v) is 45.7. The van der Waals surface area contributed by atoms with Crippen LogP contribution in [-0.2, 0) is 14.2 Å². The summed E-state index contributed by atoms with van der Waals surface area (Å²) in [6.45, 7) is 6.74. The van der Waals surface area contributed by atoms with E-state index >= 15 is 0 Å². The van der Waals surface area contributed by atoms with Crippen molar-refractivity contribution in [3.05, 3.63) is 144 Å². The number of aromatic nitrogens is 4. The Morgan fingerprint density at radius 3 is 1.44 bits per heavy atom. The Hall–Kier alpha value is -9.37. The van der Waals surface area contributed by atoms with Crippen LogP contribution in [0.25, 0.3) is 33.8 Å². The van der Waals surface area contributed by atoms with E-state index in [0.717, 1.165) is 29.2 Å². The molecule has 0 fully saturated rings. The molecule has 0 aliphatic carbocycles. The van der Waals surface area contributed by atoms with Crippen molar-refractivity contribution in [3.8, 4) is 57.0 Å². The van der Waals surface area contributed by atoms with Gasteiger partial charge in [0.2, 0.25) is 0 Å². The van der Waals surface area contributed by atoms with E-state index in [0.29, 0.717) is 44.8 Å². The standard InChI is InChI=1S/C31H29F6N3O6.C26H21F6N3O4/c1-18-13-19(9-10-23(18)27(41)43-5)25-16-38-26-24(39(12-11-30(32,33)34)28(42)46-29(2,3)4)15-22(17-40(25)26)44-20-7-6-8-21(14-20)45-31(35,36)37;1-15-10-16(6-7-20(15)24(36)37-2)22-13-34-23-21(33-9-8-25(27,28)29)12-19(14-35(22)23)38-17-4-3-5-18(11-17)39-26(30,31)32/h6-10,13-17H,11-12H2,1-5H3;3-7,10-14,33H,8-9H2,1-2H3. The van der Waals surface area contributed by atoms with Crippen LogP contribution >= 0.6 is 0 Å². The van der Waals surface area contributed by atoms with E-state index < -0.39 is 86.1 Å². The Balaban J connectivity index is 0.000000247. The van der Waals surface area contributed by atoms with Gasteiger partial charge in [0.15, 0.2) is 11.3 Å². The lowest BCUT2D eigenvalue weighted by Gasteiger charge is -2.28. The van der Waals surface area contributed by atoms with Gasteiger partial charge in [0.25, 0.3) is 0 Å². The second-order valence-corrected chi connectivity index (χ2v) is 19.4. The van der Waals surface area contributed by atoms with Gasteiger partial charge in [-0.3, -0.25) is 13.7 Å². The van der Waals surface area contributed by atoms with Gasteiger partial charge in [0.1, 0.15) is 40.1 Å². The Labute approximate surface area is 475 Å². The minimum absolute atomic E-state index is 0.00252. The number of aryl methyl sites for hydroxylation is 2. The number of fused-ring (bicyclic) bond motifs is 2. The highest BCUT2D eigenvalue weighted by molar-refractivity contribution is 5.95. The van der Waals surface area contributed by atoms with Gasteiger partial charge in [-0.05, 0) is 94.3 Å². The largest absolute Gasteiger partial charge is 0.573 e. The number of amides is 1. The number of carbonyl (C=O) groups is 3. The third-order valence-electron chi connectivity index (χ3n) is 11.8. The van der Waals surface area contributed by atoms with Gasteiger partial charge in [-0.15, -0.1) is 26.3 Å². The number of imidazole rings is 2. The van der Waals surface area contributed by atoms with Gasteiger partial charge >= 0.3 is 43.1 Å². The third-order valence-corrected chi connectivity index (χ3v) is 11.8. The molecular formula is C57H50F12N6O10. The summed E-state index contributed by atoms with van der Waals surface area (Å²) in [4.78, 5) is 46.9. The number of rotatable bonds is 16. The highest BCUT2D eigenvalue weighted by atomic mass is 19.4. The van der Waals surface area contributed by atoms with Crippen LogP contribution in [0.3, 0.4) is 0 Å². The number of esters is 2. The highest BCUT2D eigenvalue weighted by Crippen LogP contribution is 2.38. The van der Waals surface area contributed by atoms with Crippen LogP contribution in [0, 0.1) is 13.8 Å². The molecule has 1 N–H and O–H groups in total. The molecule has 0 spiro atoms. The molecule has 0 unspecified atom stereocenters. The maximum atomic E-state index is 13.4. The average molecular weight is 1210 g/mol. The summed E-state index contributed by atoms with van der Waals surface area (Å²) >= 11 is 0. The zero-order valence-electron chi connectivity index (χ0n) is 45.7. The number of hydrogen-bond donors (Lipinski definition) is 1. The van der Waals surface area contributed by atoms with Gasteiger partial charge in [-0.1, -0.05) is 24.3 Å². The molecule has 0 radical (unpaired) electrons. The number of benzene rings is 4. The first-order valence-electron chi connectivity index (χ1n) is 25.0. The monoisotopic (exact) mass is 1210 g/mol. The summed E-state index contributed by atoms with van der Waals surface area (Å²) in [6.07, 6.45) is -16.7. The summed E-state index contributed by atoms with van der Waals surface area (Å²) < 4.78 is 192. The van der Waals surface area contributed by atoms with Crippen molar-refractivity contribution in [2.24, 2.45) is 0 Å². The van der Waals surface area contributed by atoms with Gasteiger partial charge in [0.05, 0.1) is 85.7 Å². The second kappa shape index (κ2) is 25.2. The Morgan fingerprint density at radius 2 is 1.00 bits per heavy atom. The number of anilines is 2. The van der Waals surface area contributed by atoms with Crippen molar-refractivity contribution in [1.82, 2.24) is 18.8 Å². The molecule has 28 heteroatoms. The molecule has 0 aliphatic rings. The van der Waals surface area contributed by atoms with Gasteiger partial charge < -0.3 is 38.5 Å². The van der Waals surface area contributed by atoms with E-state index in [2.05, 4.69) is 24.8 Å². The molecule has 85 heavy (non-hydrogen) atoms. The van der Waals surface area contributed by atoms with Crippen LogP contribution < -0.4 is 29.2 Å². The number of pyridine rings is 2. The Morgan fingerprint density at radius 1 is 0.553 bits per heavy atom. The van der Waals surface area contributed by atoms with Crippen LogP contribution in [0.4, 0.5) is 68.9 Å². The van der Waals surface area contributed by atoms with Crippen molar-refractivity contribution in [1.29, 1.82) is 0 Å². The third kappa shape index (κ3) is 17.4. The van der Waals surface area contributed by atoms with E-state index in [-0.39, 0.29) is 45.7 Å². The van der Waals surface area contributed by atoms with Crippen LogP contribution in [0.15, 0.2) is 122 Å². The summed E-state index contributed by atoms with van der Waals surface area (Å²) in [7, 11) is 2.50. The average Bonchev–Trinajstić information content (AvgIpc) is 2.56. The van der Waals surface area contributed by atoms with Gasteiger partial charge in [0, 0.05) is 48.5 Å². The Bertz CT molecular complexity index is 3720. The smallest absolute Gasteiger partial charge is 0.465 e. The summed E-state index contributed by atoms with van der Waals surface area (Å²) in [6, 6.07) is 21.8. The lowest BCUT2D eigenvalue weighted by molar-refractivity contribution is -0.275. The van der Waals surface area contributed by atoms with Crippen LogP contribution in [0.2, 0.25) is 0 Å². The number of methoxy groups -OCH3 is 2. The van der Waals surface area contributed by atoms with Crippen molar-refractivity contribution < 1.29 is 100 Å². The van der Waals surface area contributed by atoms with E-state index in [4.69, 9.17) is 23.7 Å². The van der Waals surface area contributed by atoms with Gasteiger partial charge in [-0.2, -0.15) is 26.3 Å². The quantitative estimate of drug-likeness (QED) is 0.0552. The molecule has 8 aromatic rings. The first-order valence-corrected chi connectivity index (χ1v) is 25.0. The van der Waals surface area contributed by atoms with Crippen molar-refractivity contribution in [2.45, 2.75) is 78.1 Å². The van der Waals surface area contributed by atoms with Crippen molar-refractivity contribution >= 4 is 40.7 Å². The molecule has 0 saturated carbocycles. The number of carbonyl (C=O) groups excluding carboxylic acids is 3. The van der Waals surface area contributed by atoms with E-state index in [1.807, 2.05) is 0 Å². The van der Waals surface area contributed by atoms with Crippen LogP contribution in [-0.4, -0.2) is 94.8 Å². The first kappa shape index (κ1) is 63.2. The summed E-state index contributed by atoms with van der Waals surface area (Å²) in [5.41, 5.74) is 3.20. The molecule has 4 heterocycles. The van der Waals surface area contributed by atoms with E-state index in [9.17, 15) is 67.1 Å². The zero-order chi connectivity index (χ0) is 62.4. The highest BCUT2D eigenvalue weighted by Gasteiger charge is 2.35. The molecule has 0 saturated heterocycles. The minimum Gasteiger partial charge on any atom is -0.465 e. The Kier molecular flexibility index (Phi) is 18.8. The minimum atomic E-state index is -4.97. The van der Waals surface area contributed by atoms with Crippen LogP contribution in [0.5, 0.6) is 34.5 Å². The number of hydrogen-bond acceptors (Lipinski definition) is 13. The topological polar surface area (TPSA) is 166 Å². The fourth-order valence-electron chi connectivity index (χ4n) is 8.24. The molecule has 0 aliphatic heterocycles. The fraction of sp³-hybridized carbons (Fsp3) is 0.281. The molecule has 4 aromatic carbocycles. The summed E-state index contributed by atoms with van der Waals surface area (Å²) in [5, 5.41) is 2.70. The van der Waals surface area contributed by atoms with Crippen molar-refractivity contribution in [3.63, 3.8) is 0 Å². The first-order chi connectivity index (χ1) is 39.7. The number of nitrogens with one attached hydrogen (secondary N) is 1. The van der Waals surface area contributed by atoms with Crippen molar-refractivity contribution in [2.75, 3.05) is 37.5 Å². The predicted molar refractivity (Wildman–Crippen MR) is 283 cm³/mol. The molecular weight excluding hydrogens is 1160 g/mol. The summed E-state index contributed by atoms with van der Waals surface area (Å²) in [5.74, 6) is -2.23. The molecule has 8 rings (SSSR count). The molecule has 4 aromatic heterocycles. The predicted octanol–water partition coefficient (Wildman–Crippen LogP) is 15.6. The second-order valence-electron chi connectivity index (χ2n) is 19.4. The SMILES string of the molecule is COC(=O)c1ccc(-c2cnc3c(N(CCC(F)(F)F)C(=O)OC(C)(C)C)cc(Oc4cccc(OC(F)(F)F)c4)cn23)cc1C.COC(=O)c1ccc(-c2cnc3c(NCCC(F)(F)F)cc(Oc4cccc(OC(F)(F)F)c4)cn23)cc1C. The lowest BCUT2D eigenvalue weighted by Crippen LogP contribution is -2.39. The fourth-order valence-corrected chi connectivity index (χ4v) is 8.24. The van der Waals surface area contributed by atoms with Crippen LogP contribution in [0.1, 0.15) is 65.5 Å². The van der Waals surface area contributed by atoms with E-state index in [1.54, 1.807) is 69.4 Å². The lowest BCUT2D eigenvalue weighted by atomic mass is 10.0. The number of halogens is 12. The molecule has 0 atom stereocenters. The number of nitrogens with zero attached hydrogens (tertiary/aromatic N) is 5. The molecule has 1 amide bonds. The van der Waals surface area contributed by atoms with E-state index in [1.165, 1.54) is 85.9 Å². The maximum Gasteiger partial charge on any atom is 0.573 e. The van der Waals surface area contributed by atoms with Gasteiger partial charge in [-0.25, -0.2) is 24.4 Å². The normalized spacial score (nSPS) is 12.0.